The van der Waals surface area contributed by atoms with Gasteiger partial charge in [0.1, 0.15) is 17.8 Å². The topological polar surface area (TPSA) is 137 Å². The molecule has 1 atom stereocenters. The van der Waals surface area contributed by atoms with Crippen LogP contribution >= 0.6 is 0 Å². The van der Waals surface area contributed by atoms with Crippen molar-refractivity contribution in [3.8, 4) is 12.1 Å². The number of nitrogens with one attached hydrogen (secondary N) is 2. The van der Waals surface area contributed by atoms with Crippen LogP contribution in [0, 0.1) is 28.1 Å². The minimum Gasteiger partial charge on any atom is -0.382 e. The van der Waals surface area contributed by atoms with E-state index in [-0.39, 0.29) is 57.5 Å². The van der Waals surface area contributed by atoms with Crippen molar-refractivity contribution in [3.63, 3.8) is 0 Å². The third-order valence-electron chi connectivity index (χ3n) is 8.96. The summed E-state index contributed by atoms with van der Waals surface area (Å²) in [6, 6.07) is 12.4. The molecule has 5 aromatic rings. The van der Waals surface area contributed by atoms with Crippen LogP contribution in [-0.2, 0) is 12.6 Å². The second kappa shape index (κ2) is 11.5. The fourth-order valence-corrected chi connectivity index (χ4v) is 5.66. The molecular weight excluding hydrogens is 652 g/mol. The van der Waals surface area contributed by atoms with Crippen LogP contribution in [0.3, 0.4) is 0 Å². The van der Waals surface area contributed by atoms with E-state index in [4.69, 9.17) is 0 Å². The highest BCUT2D eigenvalue weighted by molar-refractivity contribution is 5.99. The van der Waals surface area contributed by atoms with Crippen molar-refractivity contribution in [1.82, 2.24) is 24.5 Å². The summed E-state index contributed by atoms with van der Waals surface area (Å²) in [5, 5.41) is 34.7. The lowest BCUT2D eigenvalue weighted by atomic mass is 9.92. The molecule has 1 saturated carbocycles. The zero-order valence-electron chi connectivity index (χ0n) is 26.2. The summed E-state index contributed by atoms with van der Waals surface area (Å²) >= 11 is 0. The predicted molar refractivity (Wildman–Crippen MR) is 167 cm³/mol. The number of hydrogen-bond donors (Lipinski definition) is 2. The van der Waals surface area contributed by atoms with Gasteiger partial charge in [0.2, 0.25) is 0 Å². The Balaban J connectivity index is 1.52. The van der Waals surface area contributed by atoms with Crippen molar-refractivity contribution >= 4 is 33.1 Å². The van der Waals surface area contributed by atoms with Crippen LogP contribution in [0.25, 0.3) is 21.7 Å². The van der Waals surface area contributed by atoms with Gasteiger partial charge in [-0.2, -0.15) is 36.9 Å². The molecule has 6 rings (SSSR count). The molecule has 1 aliphatic carbocycles. The minimum absolute atomic E-state index is 0.00539. The Morgan fingerprint density at radius 2 is 1.71 bits per heavy atom. The van der Waals surface area contributed by atoms with Crippen molar-refractivity contribution in [2.75, 3.05) is 17.2 Å². The molecule has 0 bridgehead atoms. The van der Waals surface area contributed by atoms with Gasteiger partial charge in [-0.15, -0.1) is 5.10 Å². The molecule has 0 spiro atoms. The number of benzene rings is 2. The van der Waals surface area contributed by atoms with Crippen molar-refractivity contribution in [1.29, 1.82) is 10.5 Å². The van der Waals surface area contributed by atoms with Crippen LogP contribution in [0.4, 0.5) is 37.7 Å². The van der Waals surface area contributed by atoms with E-state index in [9.17, 15) is 41.7 Å². The van der Waals surface area contributed by atoms with Gasteiger partial charge < -0.3 is 15.2 Å². The van der Waals surface area contributed by atoms with Gasteiger partial charge in [0.05, 0.1) is 40.0 Å². The standard InChI is InChI=1S/C33H27F6N9O/c1-30(2,32(34,35)36)17-43-27-19(14-41)15-42-26-18(13-40)11-20(12-24(26)27)44-28(22-5-4-6-23-21(22)7-10-47(3)29(23)49)25-16-48(46-45-25)31(8-9-31)33(37,38)39/h4-7,10-12,15-16,28,44H,8-9,17H2,1-3H3,(H,42,43)/t28-/m0/s1. The van der Waals surface area contributed by atoms with E-state index < -0.39 is 35.9 Å². The normalized spacial score (nSPS) is 15.1. The summed E-state index contributed by atoms with van der Waals surface area (Å²) in [6.07, 6.45) is -5.61. The van der Waals surface area contributed by atoms with Crippen LogP contribution < -0.4 is 16.2 Å². The molecule has 0 aliphatic heterocycles. The van der Waals surface area contributed by atoms with Crippen LogP contribution in [0.5, 0.6) is 0 Å². The number of alkyl halides is 6. The molecule has 3 heterocycles. The molecule has 16 heteroatoms. The molecule has 49 heavy (non-hydrogen) atoms. The maximum atomic E-state index is 14.0. The molecule has 1 aliphatic rings. The van der Waals surface area contributed by atoms with Gasteiger partial charge in [0, 0.05) is 42.4 Å². The molecule has 0 saturated heterocycles. The largest absolute Gasteiger partial charge is 0.413 e. The minimum atomic E-state index is -4.58. The number of aromatic nitrogens is 5. The monoisotopic (exact) mass is 679 g/mol. The Morgan fingerprint density at radius 1 is 1.00 bits per heavy atom. The van der Waals surface area contributed by atoms with Gasteiger partial charge in [0.15, 0.2) is 5.54 Å². The van der Waals surface area contributed by atoms with Crippen LogP contribution in [0.15, 0.2) is 59.8 Å². The van der Waals surface area contributed by atoms with Gasteiger partial charge >= 0.3 is 12.4 Å². The van der Waals surface area contributed by atoms with E-state index in [0.29, 0.717) is 16.3 Å². The third kappa shape index (κ3) is 5.67. The summed E-state index contributed by atoms with van der Waals surface area (Å²) in [5.74, 6) is 0. The highest BCUT2D eigenvalue weighted by Gasteiger charge is 2.66. The van der Waals surface area contributed by atoms with E-state index in [0.717, 1.165) is 24.7 Å². The Morgan fingerprint density at radius 3 is 2.35 bits per heavy atom. The summed E-state index contributed by atoms with van der Waals surface area (Å²) in [7, 11) is 1.57. The zero-order valence-corrected chi connectivity index (χ0v) is 26.2. The summed E-state index contributed by atoms with van der Waals surface area (Å²) in [6.45, 7) is 1.40. The summed E-state index contributed by atoms with van der Waals surface area (Å²) in [4.78, 5) is 17.2. The first-order valence-electron chi connectivity index (χ1n) is 14.9. The molecule has 3 aromatic heterocycles. The fraction of sp³-hybridized carbons (Fsp3) is 0.333. The number of nitriles is 2. The van der Waals surface area contributed by atoms with Gasteiger partial charge in [-0.1, -0.05) is 17.3 Å². The van der Waals surface area contributed by atoms with Crippen LogP contribution in [0.2, 0.25) is 0 Å². The molecule has 2 aromatic carbocycles. The maximum Gasteiger partial charge on any atom is 0.413 e. The van der Waals surface area contributed by atoms with Crippen LogP contribution in [0.1, 0.15) is 55.1 Å². The number of halogens is 6. The molecule has 0 radical (unpaired) electrons. The highest BCUT2D eigenvalue weighted by Crippen LogP contribution is 2.55. The smallest absolute Gasteiger partial charge is 0.382 e. The zero-order chi connectivity index (χ0) is 35.5. The first-order valence-corrected chi connectivity index (χ1v) is 14.9. The number of nitrogens with zero attached hydrogens (tertiary/aromatic N) is 7. The van der Waals surface area contributed by atoms with Crippen molar-refractivity contribution in [2.24, 2.45) is 12.5 Å². The second-order valence-corrected chi connectivity index (χ2v) is 12.7. The number of aryl methyl sites for hydroxylation is 1. The average molecular weight is 680 g/mol. The first kappa shape index (κ1) is 33.3. The molecule has 10 nitrogen and oxygen atoms in total. The lowest BCUT2D eigenvalue weighted by Crippen LogP contribution is -2.38. The Labute approximate surface area is 274 Å². The SMILES string of the molecule is Cn1ccc2c([C@H](Nc3cc(C#N)c4ncc(C#N)c(NCC(C)(C)C(F)(F)F)c4c3)c3cn(C4(C(F)(F)F)CC4)nn3)cccc2c1=O. The van der Waals surface area contributed by atoms with Crippen molar-refractivity contribution in [3.05, 3.63) is 87.7 Å². The van der Waals surface area contributed by atoms with Crippen LogP contribution in [-0.4, -0.2) is 43.4 Å². The first-order chi connectivity index (χ1) is 23.0. The number of pyridine rings is 2. The van der Waals surface area contributed by atoms with E-state index in [1.165, 1.54) is 22.9 Å². The van der Waals surface area contributed by atoms with E-state index in [1.807, 2.05) is 12.1 Å². The Hall–Kier alpha value is -5.64. The molecule has 252 valence electrons. The average Bonchev–Trinajstić information content (AvgIpc) is 3.74. The summed E-state index contributed by atoms with van der Waals surface area (Å²) in [5.41, 5.74) is -3.93. The molecule has 0 unspecified atom stereocenters. The lowest BCUT2D eigenvalue weighted by molar-refractivity contribution is -0.206. The van der Waals surface area contributed by atoms with Gasteiger partial charge in [-0.05, 0) is 61.9 Å². The second-order valence-electron chi connectivity index (χ2n) is 12.7. The number of anilines is 2. The molecule has 1 fully saturated rings. The van der Waals surface area contributed by atoms with E-state index in [2.05, 4.69) is 25.9 Å². The Kier molecular flexibility index (Phi) is 7.81. The number of rotatable bonds is 8. The summed E-state index contributed by atoms with van der Waals surface area (Å²) < 4.78 is 85.4. The fourth-order valence-electron chi connectivity index (χ4n) is 5.66. The highest BCUT2D eigenvalue weighted by atomic mass is 19.4. The number of hydrogen-bond acceptors (Lipinski definition) is 8. The third-order valence-corrected chi connectivity index (χ3v) is 8.96. The predicted octanol–water partition coefficient (Wildman–Crippen LogP) is 6.67. The van der Waals surface area contributed by atoms with Crippen molar-refractivity contribution < 1.29 is 26.3 Å². The molecule has 2 N–H and O–H groups in total. The quantitative estimate of drug-likeness (QED) is 0.174. The van der Waals surface area contributed by atoms with Gasteiger partial charge in [0.25, 0.3) is 5.56 Å². The lowest BCUT2D eigenvalue weighted by Gasteiger charge is -2.28. The van der Waals surface area contributed by atoms with Gasteiger partial charge in [-0.3, -0.25) is 9.78 Å². The van der Waals surface area contributed by atoms with E-state index in [1.54, 1.807) is 37.5 Å². The molecular formula is C33H27F6N9O. The van der Waals surface area contributed by atoms with Gasteiger partial charge in [-0.25, -0.2) is 4.68 Å². The molecule has 0 amide bonds. The number of fused-ring (bicyclic) bond motifs is 2. The van der Waals surface area contributed by atoms with Crippen molar-refractivity contribution in [2.45, 2.75) is 50.6 Å². The maximum absolute atomic E-state index is 14.0. The Bertz CT molecular complexity index is 2250. The van der Waals surface area contributed by atoms with E-state index >= 15 is 0 Å².